The molecule has 0 amide bonds. The van der Waals surface area contributed by atoms with Gasteiger partial charge in [0.2, 0.25) is 0 Å². The van der Waals surface area contributed by atoms with Gasteiger partial charge in [-0.05, 0) is 154 Å². The van der Waals surface area contributed by atoms with E-state index >= 15 is 0 Å². The van der Waals surface area contributed by atoms with Crippen molar-refractivity contribution in [3.8, 4) is 0 Å². The van der Waals surface area contributed by atoms with Gasteiger partial charge in [-0.15, -0.1) is 0 Å². The standard InChI is InChI=1S/C32H48O2.C28H40O2.C2HF3O2/c1-10-32(8,9)22-29(21-25(4)27-17-11-23(2)12-18-27)28-19-15-26(16-20-28)14-13-24(3)30(33)34-31(5,6)7;1-7-28(5,6)19-26(18-22(4)24-14-8-20(2)9-15-24)25-16-12-23(13-17-25)11-10-21(3)27(29)30;3-2(4,5)1(6)7/h11-12,15-20,24-25,29H,10,13-14,21-22H2,1-9H3;8-9,12-17,21-22,26H,7,10-11,18-19H2,1-6H3,(H,29,30);(H,6,7). The molecule has 0 aliphatic rings. The van der Waals surface area contributed by atoms with Crippen molar-refractivity contribution in [3.63, 3.8) is 0 Å². The number of alkyl halides is 3. The molecule has 9 heteroatoms. The molecule has 0 saturated heterocycles. The molecule has 6 atom stereocenters. The van der Waals surface area contributed by atoms with Crippen molar-refractivity contribution in [2.24, 2.45) is 22.7 Å². The Morgan fingerprint density at radius 2 is 0.831 bits per heavy atom. The highest BCUT2D eigenvalue weighted by Crippen LogP contribution is 2.41. The van der Waals surface area contributed by atoms with E-state index in [1.807, 2.05) is 27.7 Å². The average Bonchev–Trinajstić information content (AvgIpc) is 3.29. The van der Waals surface area contributed by atoms with Gasteiger partial charge in [0.1, 0.15) is 5.60 Å². The van der Waals surface area contributed by atoms with Crippen LogP contribution in [0.15, 0.2) is 97.1 Å². The molecular weight excluding hydrogens is 898 g/mol. The second kappa shape index (κ2) is 28.4. The first-order chi connectivity index (χ1) is 32.8. The zero-order valence-corrected chi connectivity index (χ0v) is 45.9. The van der Waals surface area contributed by atoms with Gasteiger partial charge < -0.3 is 14.9 Å². The monoisotopic (exact) mass is 987 g/mol. The fraction of sp³-hybridized carbons (Fsp3) is 0.565. The lowest BCUT2D eigenvalue weighted by Gasteiger charge is -2.31. The highest BCUT2D eigenvalue weighted by molar-refractivity contribution is 5.73. The van der Waals surface area contributed by atoms with Crippen molar-refractivity contribution in [1.82, 2.24) is 0 Å². The van der Waals surface area contributed by atoms with Crippen molar-refractivity contribution in [3.05, 3.63) is 142 Å². The summed E-state index contributed by atoms with van der Waals surface area (Å²) in [6.45, 7) is 32.6. The first-order valence-corrected chi connectivity index (χ1v) is 25.9. The van der Waals surface area contributed by atoms with Gasteiger partial charge in [0, 0.05) is 0 Å². The van der Waals surface area contributed by atoms with E-state index in [0.717, 1.165) is 32.1 Å². The molecule has 0 spiro atoms. The molecule has 71 heavy (non-hydrogen) atoms. The van der Waals surface area contributed by atoms with Gasteiger partial charge in [0.15, 0.2) is 0 Å². The number of hydrogen-bond acceptors (Lipinski definition) is 4. The number of ether oxygens (including phenoxy) is 1. The van der Waals surface area contributed by atoms with Crippen LogP contribution in [0, 0.1) is 36.5 Å². The molecule has 6 nitrogen and oxygen atoms in total. The predicted molar refractivity (Wildman–Crippen MR) is 286 cm³/mol. The molecule has 0 heterocycles. The lowest BCUT2D eigenvalue weighted by Crippen LogP contribution is -2.27. The molecule has 6 unspecified atom stereocenters. The summed E-state index contributed by atoms with van der Waals surface area (Å²) in [5.74, 6) is -1.87. The minimum Gasteiger partial charge on any atom is -0.481 e. The average molecular weight is 987 g/mol. The highest BCUT2D eigenvalue weighted by atomic mass is 19.4. The van der Waals surface area contributed by atoms with Crippen LogP contribution in [-0.4, -0.2) is 39.9 Å². The number of benzene rings is 4. The summed E-state index contributed by atoms with van der Waals surface area (Å²) in [5.41, 5.74) is 11.0. The number of esters is 1. The Morgan fingerprint density at radius 3 is 1.11 bits per heavy atom. The first-order valence-electron chi connectivity index (χ1n) is 25.9. The molecule has 4 aromatic rings. The molecule has 0 radical (unpaired) electrons. The van der Waals surface area contributed by atoms with Crippen LogP contribution >= 0.6 is 0 Å². The summed E-state index contributed by atoms with van der Waals surface area (Å²) in [7, 11) is 0. The first kappa shape index (κ1) is 62.2. The lowest BCUT2D eigenvalue weighted by molar-refractivity contribution is -0.192. The van der Waals surface area contributed by atoms with Crippen LogP contribution < -0.4 is 0 Å². The number of carbonyl (C=O) groups is 3. The van der Waals surface area contributed by atoms with E-state index in [0.29, 0.717) is 40.9 Å². The highest BCUT2D eigenvalue weighted by Gasteiger charge is 2.38. The zero-order valence-electron chi connectivity index (χ0n) is 45.9. The molecule has 2 N–H and O–H groups in total. The zero-order chi connectivity index (χ0) is 53.9. The van der Waals surface area contributed by atoms with Crippen LogP contribution in [0.4, 0.5) is 13.2 Å². The molecule has 4 aromatic carbocycles. The topological polar surface area (TPSA) is 101 Å². The number of halogens is 3. The van der Waals surface area contributed by atoms with Gasteiger partial charge in [-0.25, -0.2) is 4.79 Å². The molecule has 0 aromatic heterocycles. The smallest absolute Gasteiger partial charge is 0.481 e. The number of carbonyl (C=O) groups excluding carboxylic acids is 1. The van der Waals surface area contributed by atoms with Crippen LogP contribution in [0.5, 0.6) is 0 Å². The summed E-state index contributed by atoms with van der Waals surface area (Å²) in [6.07, 6.45) is 5.14. The fourth-order valence-electron chi connectivity index (χ4n) is 8.54. The number of rotatable bonds is 22. The normalized spacial score (nSPS) is 14.6. The number of carboxylic acids is 2. The Hall–Kier alpha value is -4.92. The predicted octanol–water partition coefficient (Wildman–Crippen LogP) is 17.4. The van der Waals surface area contributed by atoms with Gasteiger partial charge in [-0.1, -0.05) is 190 Å². The van der Waals surface area contributed by atoms with Crippen LogP contribution in [0.1, 0.15) is 210 Å². The van der Waals surface area contributed by atoms with Crippen molar-refractivity contribution in [2.45, 2.75) is 204 Å². The summed E-state index contributed by atoms with van der Waals surface area (Å²) < 4.78 is 37.3. The Labute approximate surface area is 426 Å². The molecule has 0 fully saturated rings. The summed E-state index contributed by atoms with van der Waals surface area (Å²) >= 11 is 0. The maximum Gasteiger partial charge on any atom is 0.490 e. The third-order valence-electron chi connectivity index (χ3n) is 14.2. The summed E-state index contributed by atoms with van der Waals surface area (Å²) in [4.78, 5) is 32.3. The SMILES string of the molecule is CCC(C)(C)CC(CC(C)c1ccc(C)cc1)c1ccc(CCC(C)C(=O)O)cc1.CCC(C)(C)CC(CC(C)c1ccc(C)cc1)c1ccc(CCC(C)C(=O)OC(C)(C)C)cc1.O=C(O)C(F)(F)F. The van der Waals surface area contributed by atoms with Crippen LogP contribution in [0.2, 0.25) is 0 Å². The van der Waals surface area contributed by atoms with Crippen molar-refractivity contribution in [2.75, 3.05) is 0 Å². The van der Waals surface area contributed by atoms with Gasteiger partial charge in [0.05, 0.1) is 11.8 Å². The molecule has 394 valence electrons. The maximum atomic E-state index is 12.3. The van der Waals surface area contributed by atoms with Crippen molar-refractivity contribution >= 4 is 17.9 Å². The van der Waals surface area contributed by atoms with E-state index in [2.05, 4.69) is 166 Å². The van der Waals surface area contributed by atoms with E-state index in [4.69, 9.17) is 19.7 Å². The summed E-state index contributed by atoms with van der Waals surface area (Å²) in [6, 6.07) is 36.1. The lowest BCUT2D eigenvalue weighted by atomic mass is 9.74. The Morgan fingerprint density at radius 1 is 0.521 bits per heavy atom. The minimum absolute atomic E-state index is 0.0904. The van der Waals surface area contributed by atoms with Gasteiger partial charge in [-0.3, -0.25) is 9.59 Å². The number of carboxylic acid groups (broad SMARTS) is 2. The number of hydrogen-bond donors (Lipinski definition) is 2. The second-order valence-electron chi connectivity index (χ2n) is 23.0. The quantitative estimate of drug-likeness (QED) is 0.0761. The Kier molecular flexibility index (Phi) is 24.8. The molecule has 0 saturated carbocycles. The van der Waals surface area contributed by atoms with E-state index < -0.39 is 23.7 Å². The second-order valence-corrected chi connectivity index (χ2v) is 23.0. The van der Waals surface area contributed by atoms with Crippen LogP contribution in [-0.2, 0) is 32.0 Å². The van der Waals surface area contributed by atoms with Crippen LogP contribution in [0.25, 0.3) is 0 Å². The maximum absolute atomic E-state index is 12.3. The Balaban J connectivity index is 0.000000431. The molecule has 0 aliphatic carbocycles. The number of aliphatic carboxylic acids is 2. The van der Waals surface area contributed by atoms with Gasteiger partial charge in [-0.2, -0.15) is 13.2 Å². The Bertz CT molecular complexity index is 2180. The van der Waals surface area contributed by atoms with Crippen LogP contribution in [0.3, 0.4) is 0 Å². The molecule has 0 bridgehead atoms. The van der Waals surface area contributed by atoms with Crippen molar-refractivity contribution in [1.29, 1.82) is 0 Å². The van der Waals surface area contributed by atoms with Crippen molar-refractivity contribution < 1.29 is 42.5 Å². The fourth-order valence-corrected chi connectivity index (χ4v) is 8.54. The third kappa shape index (κ3) is 23.9. The van der Waals surface area contributed by atoms with Gasteiger partial charge in [0.25, 0.3) is 0 Å². The summed E-state index contributed by atoms with van der Waals surface area (Å²) in [5, 5.41) is 16.2. The van der Waals surface area contributed by atoms with E-state index in [9.17, 15) is 22.8 Å². The molecule has 0 aliphatic heterocycles. The molecule has 4 rings (SSSR count). The van der Waals surface area contributed by atoms with E-state index in [-0.39, 0.29) is 17.8 Å². The minimum atomic E-state index is -5.08. The molecular formula is C62H89F3O6. The van der Waals surface area contributed by atoms with E-state index in [1.165, 1.54) is 70.2 Å². The largest absolute Gasteiger partial charge is 0.490 e. The number of aryl methyl sites for hydroxylation is 4. The van der Waals surface area contributed by atoms with Gasteiger partial charge >= 0.3 is 24.1 Å². The van der Waals surface area contributed by atoms with E-state index in [1.54, 1.807) is 6.92 Å². The third-order valence-corrected chi connectivity index (χ3v) is 14.2.